The maximum Gasteiger partial charge on any atom is 0.273 e. The first-order chi connectivity index (χ1) is 12.9. The number of nitrogens with two attached hydrogens (primary N) is 1. The summed E-state index contributed by atoms with van der Waals surface area (Å²) in [5.74, 6) is -0.666. The van der Waals surface area contributed by atoms with Crippen molar-refractivity contribution in [2.75, 3.05) is 13.2 Å². The van der Waals surface area contributed by atoms with E-state index >= 15 is 0 Å². The number of hydrogen-bond donors (Lipinski definition) is 2. The standard InChI is InChI=1S/C19H25ClN4O3/c1-11(2)16(18(21)25)22-19(26)17-14-9-13(20)3-4-15(14)24(23-17)10-12-5-7-27-8-6-12/h3-4,9,11-12,16H,5-8,10H2,1-2H3,(H2,21,25)(H,22,26)/t16-/m0/s1. The van der Waals surface area contributed by atoms with E-state index in [0.717, 1.165) is 31.6 Å². The van der Waals surface area contributed by atoms with Crippen LogP contribution in [0.2, 0.25) is 5.02 Å². The Hall–Kier alpha value is -2.12. The second-order valence-corrected chi connectivity index (χ2v) is 7.78. The number of rotatable bonds is 6. The van der Waals surface area contributed by atoms with Gasteiger partial charge in [-0.3, -0.25) is 14.3 Å². The Morgan fingerprint density at radius 1 is 1.37 bits per heavy atom. The van der Waals surface area contributed by atoms with Gasteiger partial charge in [0, 0.05) is 30.2 Å². The number of fused-ring (bicyclic) bond motifs is 1. The number of nitrogens with one attached hydrogen (secondary N) is 1. The lowest BCUT2D eigenvalue weighted by Gasteiger charge is -2.22. The van der Waals surface area contributed by atoms with E-state index in [1.54, 1.807) is 12.1 Å². The third kappa shape index (κ3) is 4.42. The minimum absolute atomic E-state index is 0.120. The Labute approximate surface area is 163 Å². The van der Waals surface area contributed by atoms with Crippen LogP contribution in [0.15, 0.2) is 18.2 Å². The Balaban J connectivity index is 1.93. The molecule has 0 spiro atoms. The van der Waals surface area contributed by atoms with Crippen molar-refractivity contribution in [1.29, 1.82) is 0 Å². The summed E-state index contributed by atoms with van der Waals surface area (Å²) < 4.78 is 7.27. The number of nitrogens with zero attached hydrogens (tertiary/aromatic N) is 2. The minimum Gasteiger partial charge on any atom is -0.381 e. The normalized spacial score (nSPS) is 16.6. The summed E-state index contributed by atoms with van der Waals surface area (Å²) in [6, 6.07) is 4.63. The van der Waals surface area contributed by atoms with Gasteiger partial charge in [0.2, 0.25) is 5.91 Å². The van der Waals surface area contributed by atoms with E-state index in [2.05, 4.69) is 10.4 Å². The first kappa shape index (κ1) is 19.6. The van der Waals surface area contributed by atoms with E-state index in [-0.39, 0.29) is 11.6 Å². The average Bonchev–Trinajstić information content (AvgIpc) is 2.97. The third-order valence-electron chi connectivity index (χ3n) is 4.96. The number of amides is 2. The molecule has 146 valence electrons. The molecule has 8 heteroatoms. The summed E-state index contributed by atoms with van der Waals surface area (Å²) in [7, 11) is 0. The summed E-state index contributed by atoms with van der Waals surface area (Å²) >= 11 is 6.14. The van der Waals surface area contributed by atoms with Gasteiger partial charge in [0.15, 0.2) is 5.69 Å². The van der Waals surface area contributed by atoms with Crippen LogP contribution in [0.4, 0.5) is 0 Å². The van der Waals surface area contributed by atoms with Crippen molar-refractivity contribution in [1.82, 2.24) is 15.1 Å². The van der Waals surface area contributed by atoms with Crippen LogP contribution in [-0.4, -0.2) is 40.9 Å². The van der Waals surface area contributed by atoms with Gasteiger partial charge in [-0.15, -0.1) is 0 Å². The lowest BCUT2D eigenvalue weighted by atomic mass is 10.0. The van der Waals surface area contributed by atoms with Crippen molar-refractivity contribution in [2.24, 2.45) is 17.6 Å². The molecule has 0 radical (unpaired) electrons. The lowest BCUT2D eigenvalue weighted by molar-refractivity contribution is -0.120. The van der Waals surface area contributed by atoms with Gasteiger partial charge in [-0.05, 0) is 42.9 Å². The first-order valence-corrected chi connectivity index (χ1v) is 9.58. The van der Waals surface area contributed by atoms with Gasteiger partial charge in [-0.2, -0.15) is 5.10 Å². The third-order valence-corrected chi connectivity index (χ3v) is 5.19. The maximum atomic E-state index is 12.8. The molecular weight excluding hydrogens is 368 g/mol. The van der Waals surface area contributed by atoms with E-state index in [9.17, 15) is 9.59 Å². The van der Waals surface area contributed by atoms with Gasteiger partial charge in [0.1, 0.15) is 6.04 Å². The number of carbonyl (C=O) groups excluding carboxylic acids is 2. The van der Waals surface area contributed by atoms with Gasteiger partial charge in [-0.1, -0.05) is 25.4 Å². The van der Waals surface area contributed by atoms with E-state index in [0.29, 0.717) is 22.9 Å². The lowest BCUT2D eigenvalue weighted by Crippen LogP contribution is -2.47. The number of hydrogen-bond acceptors (Lipinski definition) is 4. The zero-order chi connectivity index (χ0) is 19.6. The van der Waals surface area contributed by atoms with Crippen LogP contribution in [0.25, 0.3) is 10.9 Å². The molecule has 0 bridgehead atoms. The highest BCUT2D eigenvalue weighted by atomic mass is 35.5. The smallest absolute Gasteiger partial charge is 0.273 e. The quantitative estimate of drug-likeness (QED) is 0.788. The topological polar surface area (TPSA) is 99.2 Å². The van der Waals surface area contributed by atoms with Crippen LogP contribution in [0.1, 0.15) is 37.2 Å². The number of primary amides is 1. The monoisotopic (exact) mass is 392 g/mol. The van der Waals surface area contributed by atoms with Crippen LogP contribution < -0.4 is 11.1 Å². The molecule has 0 aliphatic carbocycles. The van der Waals surface area contributed by atoms with Gasteiger partial charge in [0.05, 0.1) is 5.52 Å². The minimum atomic E-state index is -0.757. The Kier molecular flexibility index (Phi) is 6.01. The highest BCUT2D eigenvalue weighted by Gasteiger charge is 2.26. The Bertz CT molecular complexity index is 843. The van der Waals surface area contributed by atoms with Crippen molar-refractivity contribution in [3.8, 4) is 0 Å². The molecular formula is C19H25ClN4O3. The van der Waals surface area contributed by atoms with Crippen molar-refractivity contribution in [3.63, 3.8) is 0 Å². The second-order valence-electron chi connectivity index (χ2n) is 7.35. The van der Waals surface area contributed by atoms with Crippen molar-refractivity contribution in [3.05, 3.63) is 28.9 Å². The molecule has 1 fully saturated rings. The van der Waals surface area contributed by atoms with Crippen molar-refractivity contribution in [2.45, 2.75) is 39.3 Å². The van der Waals surface area contributed by atoms with E-state index in [1.165, 1.54) is 0 Å². The molecule has 1 aliphatic heterocycles. The van der Waals surface area contributed by atoms with Gasteiger partial charge < -0.3 is 15.8 Å². The SMILES string of the molecule is CC(C)[C@H](NC(=O)c1nn(CC2CCOCC2)c2ccc(Cl)cc12)C(N)=O. The predicted octanol–water partition coefficient (Wildman–Crippen LogP) is 2.36. The molecule has 1 aromatic heterocycles. The summed E-state index contributed by atoms with van der Waals surface area (Å²) in [6.45, 7) is 5.86. The van der Waals surface area contributed by atoms with Crippen LogP contribution >= 0.6 is 11.6 Å². The number of aromatic nitrogens is 2. The van der Waals surface area contributed by atoms with Crippen LogP contribution in [-0.2, 0) is 16.1 Å². The van der Waals surface area contributed by atoms with Crippen LogP contribution in [0.3, 0.4) is 0 Å². The molecule has 2 aromatic rings. The number of ether oxygens (including phenoxy) is 1. The van der Waals surface area contributed by atoms with Gasteiger partial charge >= 0.3 is 0 Å². The fraction of sp³-hybridized carbons (Fsp3) is 0.526. The van der Waals surface area contributed by atoms with Gasteiger partial charge in [0.25, 0.3) is 5.91 Å². The van der Waals surface area contributed by atoms with E-state index < -0.39 is 17.9 Å². The molecule has 2 amide bonds. The zero-order valence-corrected chi connectivity index (χ0v) is 16.3. The summed E-state index contributed by atoms with van der Waals surface area (Å²) in [5, 5.41) is 8.45. The predicted molar refractivity (Wildman–Crippen MR) is 104 cm³/mol. The number of halogens is 1. The largest absolute Gasteiger partial charge is 0.381 e. The van der Waals surface area contributed by atoms with Crippen LogP contribution in [0.5, 0.6) is 0 Å². The molecule has 1 atom stereocenters. The molecule has 3 rings (SSSR count). The first-order valence-electron chi connectivity index (χ1n) is 9.20. The zero-order valence-electron chi connectivity index (χ0n) is 15.6. The van der Waals surface area contributed by atoms with Crippen molar-refractivity contribution >= 4 is 34.3 Å². The average molecular weight is 393 g/mol. The van der Waals surface area contributed by atoms with E-state index in [4.69, 9.17) is 22.1 Å². The molecule has 27 heavy (non-hydrogen) atoms. The second kappa shape index (κ2) is 8.27. The van der Waals surface area contributed by atoms with Crippen LogP contribution in [0, 0.1) is 11.8 Å². The van der Waals surface area contributed by atoms with Crippen molar-refractivity contribution < 1.29 is 14.3 Å². The highest BCUT2D eigenvalue weighted by molar-refractivity contribution is 6.31. The maximum absolute atomic E-state index is 12.8. The number of benzene rings is 1. The van der Waals surface area contributed by atoms with E-state index in [1.807, 2.05) is 24.6 Å². The molecule has 7 nitrogen and oxygen atoms in total. The summed E-state index contributed by atoms with van der Waals surface area (Å²) in [6.07, 6.45) is 1.93. The van der Waals surface area contributed by atoms with Gasteiger partial charge in [-0.25, -0.2) is 0 Å². The molecule has 1 aliphatic rings. The molecule has 1 aromatic carbocycles. The summed E-state index contributed by atoms with van der Waals surface area (Å²) in [4.78, 5) is 24.5. The molecule has 2 heterocycles. The Morgan fingerprint density at radius 3 is 2.70 bits per heavy atom. The summed E-state index contributed by atoms with van der Waals surface area (Å²) in [5.41, 5.74) is 6.52. The fourth-order valence-corrected chi connectivity index (χ4v) is 3.58. The highest BCUT2D eigenvalue weighted by Crippen LogP contribution is 2.26. The molecule has 0 saturated carbocycles. The fourth-order valence-electron chi connectivity index (χ4n) is 3.41. The molecule has 1 saturated heterocycles. The number of carbonyl (C=O) groups is 2. The Morgan fingerprint density at radius 2 is 2.07 bits per heavy atom. The molecule has 3 N–H and O–H groups in total. The molecule has 0 unspecified atom stereocenters.